The van der Waals surface area contributed by atoms with Gasteiger partial charge in [-0.15, -0.1) is 0 Å². The third kappa shape index (κ3) is 2.25. The van der Waals surface area contributed by atoms with Crippen molar-refractivity contribution < 1.29 is 0 Å². The first-order valence-corrected chi connectivity index (χ1v) is 5.92. The molecule has 0 aliphatic heterocycles. The molecule has 2 aliphatic carbocycles. The second-order valence-corrected chi connectivity index (χ2v) is 5.62. The second-order valence-electron chi connectivity index (χ2n) is 5.62. The lowest BCUT2D eigenvalue weighted by atomic mass is 9.90. The van der Waals surface area contributed by atoms with E-state index in [1.165, 1.54) is 32.1 Å². The summed E-state index contributed by atoms with van der Waals surface area (Å²) in [5.41, 5.74) is 6.21. The van der Waals surface area contributed by atoms with Crippen LogP contribution in [0.3, 0.4) is 0 Å². The van der Waals surface area contributed by atoms with Gasteiger partial charge in [0.05, 0.1) is 0 Å². The van der Waals surface area contributed by atoms with Crippen molar-refractivity contribution in [2.24, 2.45) is 29.4 Å². The third-order valence-electron chi connectivity index (χ3n) is 3.96. The van der Waals surface area contributed by atoms with Crippen molar-refractivity contribution in [3.63, 3.8) is 0 Å². The Kier molecular flexibility index (Phi) is 2.64. The van der Waals surface area contributed by atoms with Crippen molar-refractivity contribution in [3.8, 4) is 0 Å². The molecule has 0 amide bonds. The number of hydrogen-bond donors (Lipinski definition) is 1. The minimum atomic E-state index is 0.509. The van der Waals surface area contributed by atoms with Crippen LogP contribution < -0.4 is 5.73 Å². The summed E-state index contributed by atoms with van der Waals surface area (Å²) in [6.45, 7) is 4.58. The Morgan fingerprint density at radius 3 is 2.23 bits per heavy atom. The highest BCUT2D eigenvalue weighted by molar-refractivity contribution is 4.98. The molecule has 0 saturated heterocycles. The Balaban J connectivity index is 1.68. The van der Waals surface area contributed by atoms with Crippen LogP contribution in [0.15, 0.2) is 0 Å². The van der Waals surface area contributed by atoms with E-state index in [-0.39, 0.29) is 0 Å². The molecule has 0 spiro atoms. The Morgan fingerprint density at radius 2 is 1.69 bits per heavy atom. The zero-order valence-corrected chi connectivity index (χ0v) is 9.00. The molecular formula is C12H23N. The zero-order chi connectivity index (χ0) is 9.42. The number of fused-ring (bicyclic) bond motifs is 1. The molecule has 0 heterocycles. The van der Waals surface area contributed by atoms with Gasteiger partial charge in [0, 0.05) is 6.04 Å². The molecule has 2 rings (SSSR count). The lowest BCUT2D eigenvalue weighted by Crippen LogP contribution is -2.29. The molecule has 2 aliphatic rings. The highest BCUT2D eigenvalue weighted by atomic mass is 14.7. The maximum atomic E-state index is 6.21. The van der Waals surface area contributed by atoms with Gasteiger partial charge in [0.2, 0.25) is 0 Å². The van der Waals surface area contributed by atoms with Crippen molar-refractivity contribution in [1.29, 1.82) is 0 Å². The minimum absolute atomic E-state index is 0.509. The predicted octanol–water partition coefficient (Wildman–Crippen LogP) is 2.80. The first-order valence-electron chi connectivity index (χ1n) is 5.92. The second kappa shape index (κ2) is 3.61. The summed E-state index contributed by atoms with van der Waals surface area (Å²) in [6, 6.07) is 0.509. The predicted molar refractivity (Wildman–Crippen MR) is 56.4 cm³/mol. The topological polar surface area (TPSA) is 26.0 Å². The normalized spacial score (nSPS) is 39.2. The molecule has 0 aromatic carbocycles. The summed E-state index contributed by atoms with van der Waals surface area (Å²) >= 11 is 0. The maximum Gasteiger partial charge on any atom is 0.00674 e. The molecule has 0 aromatic rings. The molecule has 0 bridgehead atoms. The van der Waals surface area contributed by atoms with Crippen molar-refractivity contribution >= 4 is 0 Å². The number of hydrogen-bond acceptors (Lipinski definition) is 1. The molecule has 3 atom stereocenters. The van der Waals surface area contributed by atoms with Gasteiger partial charge < -0.3 is 5.73 Å². The Labute approximate surface area is 82.1 Å². The van der Waals surface area contributed by atoms with Gasteiger partial charge in [-0.25, -0.2) is 0 Å². The van der Waals surface area contributed by atoms with Crippen LogP contribution in [0.4, 0.5) is 0 Å². The van der Waals surface area contributed by atoms with Gasteiger partial charge in [0.15, 0.2) is 0 Å². The SMILES string of the molecule is CC(C)CCC(N)C1CC2CC2C1. The van der Waals surface area contributed by atoms with Gasteiger partial charge >= 0.3 is 0 Å². The van der Waals surface area contributed by atoms with E-state index in [1.807, 2.05) is 0 Å². The summed E-state index contributed by atoms with van der Waals surface area (Å²) < 4.78 is 0. The van der Waals surface area contributed by atoms with Crippen LogP contribution in [-0.4, -0.2) is 6.04 Å². The van der Waals surface area contributed by atoms with E-state index in [9.17, 15) is 0 Å². The average Bonchev–Trinajstić information content (AvgIpc) is 2.69. The van der Waals surface area contributed by atoms with Crippen molar-refractivity contribution in [2.75, 3.05) is 0 Å². The van der Waals surface area contributed by atoms with Gasteiger partial charge in [0.1, 0.15) is 0 Å². The van der Waals surface area contributed by atoms with Crippen LogP contribution >= 0.6 is 0 Å². The largest absolute Gasteiger partial charge is 0.327 e. The quantitative estimate of drug-likeness (QED) is 0.709. The molecule has 2 saturated carbocycles. The Hall–Kier alpha value is -0.0400. The van der Waals surface area contributed by atoms with Gasteiger partial charge in [0.25, 0.3) is 0 Å². The van der Waals surface area contributed by atoms with Crippen LogP contribution in [0, 0.1) is 23.7 Å². The van der Waals surface area contributed by atoms with Crippen LogP contribution in [0.25, 0.3) is 0 Å². The molecule has 0 aromatic heterocycles. The molecule has 1 nitrogen and oxygen atoms in total. The average molecular weight is 181 g/mol. The Bertz CT molecular complexity index is 166. The minimum Gasteiger partial charge on any atom is -0.327 e. The molecular weight excluding hydrogens is 158 g/mol. The monoisotopic (exact) mass is 181 g/mol. The summed E-state index contributed by atoms with van der Waals surface area (Å²) in [6.07, 6.45) is 6.98. The fourth-order valence-electron chi connectivity index (χ4n) is 2.87. The number of nitrogens with two attached hydrogens (primary N) is 1. The van der Waals surface area contributed by atoms with Crippen LogP contribution in [0.2, 0.25) is 0 Å². The highest BCUT2D eigenvalue weighted by Gasteiger charge is 2.46. The van der Waals surface area contributed by atoms with Crippen LogP contribution in [0.5, 0.6) is 0 Å². The standard InChI is InChI=1S/C12H23N/c1-8(2)3-4-12(13)11-6-9-5-10(9)7-11/h8-12H,3-7,13H2,1-2H3. The number of rotatable bonds is 4. The smallest absolute Gasteiger partial charge is 0.00674 e. The van der Waals surface area contributed by atoms with Crippen molar-refractivity contribution in [3.05, 3.63) is 0 Å². The lowest BCUT2D eigenvalue weighted by molar-refractivity contribution is 0.355. The molecule has 3 unspecified atom stereocenters. The third-order valence-corrected chi connectivity index (χ3v) is 3.96. The van der Waals surface area contributed by atoms with Crippen molar-refractivity contribution in [2.45, 2.75) is 52.0 Å². The van der Waals surface area contributed by atoms with E-state index in [0.717, 1.165) is 23.7 Å². The molecule has 2 N–H and O–H groups in total. The van der Waals surface area contributed by atoms with E-state index in [0.29, 0.717) is 6.04 Å². The van der Waals surface area contributed by atoms with Gasteiger partial charge in [-0.1, -0.05) is 13.8 Å². The first kappa shape index (κ1) is 9.51. The molecule has 1 heteroatoms. The van der Waals surface area contributed by atoms with Crippen molar-refractivity contribution in [1.82, 2.24) is 0 Å². The molecule has 2 fully saturated rings. The van der Waals surface area contributed by atoms with E-state index in [1.54, 1.807) is 0 Å². The molecule has 0 radical (unpaired) electrons. The first-order chi connectivity index (χ1) is 6.16. The van der Waals surface area contributed by atoms with Gasteiger partial charge in [-0.3, -0.25) is 0 Å². The fraction of sp³-hybridized carbons (Fsp3) is 1.00. The maximum absolute atomic E-state index is 6.21. The van der Waals surface area contributed by atoms with Gasteiger partial charge in [-0.05, 0) is 55.8 Å². The molecule has 13 heavy (non-hydrogen) atoms. The summed E-state index contributed by atoms with van der Waals surface area (Å²) in [7, 11) is 0. The van der Waals surface area contributed by atoms with E-state index >= 15 is 0 Å². The van der Waals surface area contributed by atoms with E-state index < -0.39 is 0 Å². The zero-order valence-electron chi connectivity index (χ0n) is 9.00. The van der Waals surface area contributed by atoms with Gasteiger partial charge in [-0.2, -0.15) is 0 Å². The lowest BCUT2D eigenvalue weighted by Gasteiger charge is -2.21. The van der Waals surface area contributed by atoms with E-state index in [2.05, 4.69) is 13.8 Å². The highest BCUT2D eigenvalue weighted by Crippen LogP contribution is 2.55. The molecule has 76 valence electrons. The fourth-order valence-corrected chi connectivity index (χ4v) is 2.87. The summed E-state index contributed by atoms with van der Waals surface area (Å²) in [4.78, 5) is 0. The van der Waals surface area contributed by atoms with E-state index in [4.69, 9.17) is 5.73 Å². The van der Waals surface area contributed by atoms with Crippen LogP contribution in [-0.2, 0) is 0 Å². The summed E-state index contributed by atoms with van der Waals surface area (Å²) in [5, 5.41) is 0. The Morgan fingerprint density at radius 1 is 1.08 bits per heavy atom. The summed E-state index contributed by atoms with van der Waals surface area (Å²) in [5.74, 6) is 3.88. The van der Waals surface area contributed by atoms with Crippen LogP contribution in [0.1, 0.15) is 46.0 Å².